The third kappa shape index (κ3) is 3.69. The number of nitroso groups, excluding NO2 is 1. The molecular formula is C24H19NO2. The van der Waals surface area contributed by atoms with Crippen LogP contribution < -0.4 is 0 Å². The first-order valence-corrected chi connectivity index (χ1v) is 8.60. The molecule has 3 nitrogen and oxygen atoms in total. The fraction of sp³-hybridized carbons (Fsp3) is 0.0833. The molecule has 0 aliphatic heterocycles. The van der Waals surface area contributed by atoms with Crippen LogP contribution in [0.4, 0.5) is 5.69 Å². The van der Waals surface area contributed by atoms with Crippen LogP contribution in [0.5, 0.6) is 0 Å². The molecule has 0 saturated carbocycles. The summed E-state index contributed by atoms with van der Waals surface area (Å²) in [4.78, 5) is 24.5. The lowest BCUT2D eigenvalue weighted by molar-refractivity contribution is 0.103. The Morgan fingerprint density at radius 3 is 2.22 bits per heavy atom. The van der Waals surface area contributed by atoms with Crippen molar-refractivity contribution in [1.29, 1.82) is 0 Å². The van der Waals surface area contributed by atoms with Crippen LogP contribution in [0.2, 0.25) is 0 Å². The van der Waals surface area contributed by atoms with Gasteiger partial charge in [0.1, 0.15) is 5.69 Å². The topological polar surface area (TPSA) is 46.5 Å². The van der Waals surface area contributed by atoms with Gasteiger partial charge in [0.15, 0.2) is 5.78 Å². The van der Waals surface area contributed by atoms with Gasteiger partial charge in [-0.15, -0.1) is 10.6 Å². The molecule has 3 heteroatoms. The largest absolute Gasteiger partial charge is 0.289 e. The highest BCUT2D eigenvalue weighted by Gasteiger charge is 2.19. The lowest BCUT2D eigenvalue weighted by atomic mass is 9.91. The number of hydrogen-bond donors (Lipinski definition) is 0. The van der Waals surface area contributed by atoms with Crippen LogP contribution in [0.3, 0.4) is 0 Å². The molecule has 3 aromatic rings. The van der Waals surface area contributed by atoms with Crippen LogP contribution in [0.25, 0.3) is 5.57 Å². The molecule has 0 heterocycles. The van der Waals surface area contributed by atoms with Crippen molar-refractivity contribution in [3.8, 4) is 0 Å². The van der Waals surface area contributed by atoms with Crippen molar-refractivity contribution in [2.45, 2.75) is 13.8 Å². The van der Waals surface area contributed by atoms with Gasteiger partial charge >= 0.3 is 0 Å². The predicted molar refractivity (Wildman–Crippen MR) is 109 cm³/mol. The number of benzene rings is 3. The Labute approximate surface area is 158 Å². The van der Waals surface area contributed by atoms with E-state index >= 15 is 0 Å². The van der Waals surface area contributed by atoms with Crippen molar-refractivity contribution >= 4 is 17.0 Å². The summed E-state index contributed by atoms with van der Waals surface area (Å²) in [6, 6.07) is 20.5. The SMILES string of the molecule is C=C=C(c1ccccc1)c1cc(C)c(N=O)c(C(=O)c2cccc(C)c2)c1. The predicted octanol–water partition coefficient (Wildman–Crippen LogP) is 6.15. The summed E-state index contributed by atoms with van der Waals surface area (Å²) in [5, 5.41) is 3.12. The molecule has 0 aliphatic carbocycles. The number of aryl methyl sites for hydroxylation is 2. The summed E-state index contributed by atoms with van der Waals surface area (Å²) in [6.45, 7) is 7.50. The maximum absolute atomic E-state index is 13.1. The maximum Gasteiger partial charge on any atom is 0.195 e. The van der Waals surface area contributed by atoms with E-state index in [1.807, 2.05) is 55.5 Å². The van der Waals surface area contributed by atoms with Crippen LogP contribution in [0.1, 0.15) is 38.2 Å². The van der Waals surface area contributed by atoms with Gasteiger partial charge in [-0.2, -0.15) is 0 Å². The van der Waals surface area contributed by atoms with Crippen LogP contribution in [-0.2, 0) is 0 Å². The third-order valence-corrected chi connectivity index (χ3v) is 4.44. The summed E-state index contributed by atoms with van der Waals surface area (Å²) in [5.74, 6) is -0.227. The average molecular weight is 353 g/mol. The standard InChI is InChI=1S/C24H19NO2/c1-4-21(18-10-6-5-7-11-18)20-14-17(3)23(25-27)22(15-20)24(26)19-12-8-9-16(2)13-19/h5-15H,1H2,2-3H3. The zero-order valence-electron chi connectivity index (χ0n) is 15.3. The highest BCUT2D eigenvalue weighted by molar-refractivity contribution is 6.13. The third-order valence-electron chi connectivity index (χ3n) is 4.44. The summed E-state index contributed by atoms with van der Waals surface area (Å²) in [7, 11) is 0. The molecule has 0 aromatic heterocycles. The lowest BCUT2D eigenvalue weighted by Crippen LogP contribution is -2.04. The van der Waals surface area contributed by atoms with E-state index in [4.69, 9.17) is 0 Å². The van der Waals surface area contributed by atoms with Crippen LogP contribution in [0, 0.1) is 18.8 Å². The number of nitrogens with zero attached hydrogens (tertiary/aromatic N) is 1. The first-order chi connectivity index (χ1) is 13.0. The molecular weight excluding hydrogens is 334 g/mol. The van der Waals surface area contributed by atoms with E-state index in [-0.39, 0.29) is 17.0 Å². The van der Waals surface area contributed by atoms with Crippen molar-refractivity contribution in [2.24, 2.45) is 5.18 Å². The number of carbonyl (C=O) groups is 1. The van der Waals surface area contributed by atoms with Crippen LogP contribution in [-0.4, -0.2) is 5.78 Å². The van der Waals surface area contributed by atoms with E-state index in [0.717, 1.165) is 22.3 Å². The van der Waals surface area contributed by atoms with Crippen LogP contribution in [0.15, 0.2) is 84.2 Å². The molecule has 0 N–H and O–H groups in total. The first kappa shape index (κ1) is 18.2. The molecule has 0 bridgehead atoms. The van der Waals surface area contributed by atoms with Gasteiger partial charge in [0, 0.05) is 11.1 Å². The van der Waals surface area contributed by atoms with Crippen molar-refractivity contribution in [3.05, 3.63) is 117 Å². The summed E-state index contributed by atoms with van der Waals surface area (Å²) >= 11 is 0. The smallest absolute Gasteiger partial charge is 0.195 e. The van der Waals surface area contributed by atoms with Gasteiger partial charge in [-0.25, -0.2) is 0 Å². The van der Waals surface area contributed by atoms with Crippen molar-refractivity contribution in [2.75, 3.05) is 0 Å². The van der Waals surface area contributed by atoms with Gasteiger partial charge in [0.05, 0.1) is 5.56 Å². The van der Waals surface area contributed by atoms with E-state index in [1.165, 1.54) is 0 Å². The van der Waals surface area contributed by atoms with Gasteiger partial charge in [0.25, 0.3) is 0 Å². The Bertz CT molecular complexity index is 1070. The molecule has 0 spiro atoms. The second-order valence-electron chi connectivity index (χ2n) is 6.40. The minimum absolute atomic E-state index is 0.168. The molecule has 0 aliphatic rings. The number of ketones is 1. The monoisotopic (exact) mass is 353 g/mol. The van der Waals surface area contributed by atoms with Gasteiger partial charge in [-0.3, -0.25) is 4.79 Å². The first-order valence-electron chi connectivity index (χ1n) is 8.60. The second kappa shape index (κ2) is 7.77. The molecule has 3 rings (SSSR count). The molecule has 0 amide bonds. The lowest BCUT2D eigenvalue weighted by Gasteiger charge is -2.12. The van der Waals surface area contributed by atoms with Crippen molar-refractivity contribution in [3.63, 3.8) is 0 Å². The van der Waals surface area contributed by atoms with E-state index in [9.17, 15) is 9.70 Å². The molecule has 0 atom stereocenters. The molecule has 132 valence electrons. The highest BCUT2D eigenvalue weighted by Crippen LogP contribution is 2.32. The number of carbonyl (C=O) groups excluding carboxylic acids is 1. The van der Waals surface area contributed by atoms with Gasteiger partial charge in [-0.05, 0) is 53.9 Å². The zero-order chi connectivity index (χ0) is 19.4. The van der Waals surface area contributed by atoms with E-state index < -0.39 is 0 Å². The average Bonchev–Trinajstić information content (AvgIpc) is 2.68. The Morgan fingerprint density at radius 1 is 0.889 bits per heavy atom. The van der Waals surface area contributed by atoms with Crippen molar-refractivity contribution in [1.82, 2.24) is 0 Å². The van der Waals surface area contributed by atoms with Crippen LogP contribution >= 0.6 is 0 Å². The fourth-order valence-corrected chi connectivity index (χ4v) is 3.14. The zero-order valence-corrected chi connectivity index (χ0v) is 15.3. The van der Waals surface area contributed by atoms with Crippen molar-refractivity contribution < 1.29 is 4.79 Å². The molecule has 0 radical (unpaired) electrons. The minimum atomic E-state index is -0.227. The van der Waals surface area contributed by atoms with Gasteiger partial charge in [0.2, 0.25) is 0 Å². The molecule has 0 fully saturated rings. The number of rotatable bonds is 5. The van der Waals surface area contributed by atoms with E-state index in [2.05, 4.69) is 17.5 Å². The van der Waals surface area contributed by atoms with E-state index in [1.54, 1.807) is 25.1 Å². The Hall–Kier alpha value is -3.55. The summed E-state index contributed by atoms with van der Waals surface area (Å²) in [6.07, 6.45) is 0. The summed E-state index contributed by atoms with van der Waals surface area (Å²) < 4.78 is 0. The maximum atomic E-state index is 13.1. The number of hydrogen-bond acceptors (Lipinski definition) is 3. The Balaban J connectivity index is 2.18. The van der Waals surface area contributed by atoms with Gasteiger partial charge in [-0.1, -0.05) is 60.7 Å². The molecule has 0 unspecified atom stereocenters. The molecule has 27 heavy (non-hydrogen) atoms. The molecule has 3 aromatic carbocycles. The fourth-order valence-electron chi connectivity index (χ4n) is 3.14. The Morgan fingerprint density at radius 2 is 1.59 bits per heavy atom. The summed E-state index contributed by atoms with van der Waals surface area (Å²) in [5.41, 5.74) is 8.05. The quantitative estimate of drug-likeness (QED) is 0.314. The Kier molecular flexibility index (Phi) is 5.25. The molecule has 0 saturated heterocycles. The highest BCUT2D eigenvalue weighted by atomic mass is 16.3. The van der Waals surface area contributed by atoms with E-state index in [0.29, 0.717) is 11.1 Å². The second-order valence-corrected chi connectivity index (χ2v) is 6.40. The van der Waals surface area contributed by atoms with Gasteiger partial charge < -0.3 is 0 Å². The normalized spacial score (nSPS) is 10.1. The minimum Gasteiger partial charge on any atom is -0.289 e.